The standard InChI is InChI=1S/C27H30N6O6/c1-5-30-22-14-19(21(33(38)39)15-23(22)31(6-2)27(30)37)24(34)29-11-9-17(10-12-29)32-25(35)18-13-16(3)7-8-20(18)28(4)26(32)36/h7-8,13-15,17H,5-6,9-12H2,1-4H3. The van der Waals surface area contributed by atoms with E-state index in [1.54, 1.807) is 33.0 Å². The molecule has 1 amide bonds. The van der Waals surface area contributed by atoms with E-state index >= 15 is 0 Å². The molecule has 2 aromatic heterocycles. The lowest BCUT2D eigenvalue weighted by Gasteiger charge is -2.32. The number of carbonyl (C=O) groups is 1. The summed E-state index contributed by atoms with van der Waals surface area (Å²) < 4.78 is 5.68. The Kier molecular flexibility index (Phi) is 6.49. The van der Waals surface area contributed by atoms with E-state index < -0.39 is 22.6 Å². The molecule has 39 heavy (non-hydrogen) atoms. The summed E-state index contributed by atoms with van der Waals surface area (Å²) in [5, 5.41) is 12.4. The first kappa shape index (κ1) is 26.1. The minimum absolute atomic E-state index is 0.0873. The highest BCUT2D eigenvalue weighted by atomic mass is 16.6. The van der Waals surface area contributed by atoms with Gasteiger partial charge < -0.3 is 4.90 Å². The summed E-state index contributed by atoms with van der Waals surface area (Å²) in [5.74, 6) is -0.518. The molecule has 2 aromatic carbocycles. The van der Waals surface area contributed by atoms with Crippen LogP contribution in [0.4, 0.5) is 5.69 Å². The van der Waals surface area contributed by atoms with Gasteiger partial charge in [-0.05, 0) is 51.8 Å². The lowest BCUT2D eigenvalue weighted by molar-refractivity contribution is -0.385. The number of benzene rings is 2. The van der Waals surface area contributed by atoms with Crippen molar-refractivity contribution in [1.82, 2.24) is 23.2 Å². The van der Waals surface area contributed by atoms with Crippen LogP contribution in [-0.2, 0) is 20.1 Å². The van der Waals surface area contributed by atoms with E-state index in [9.17, 15) is 29.3 Å². The van der Waals surface area contributed by atoms with Crippen LogP contribution in [0.15, 0.2) is 44.7 Å². The maximum Gasteiger partial charge on any atom is 0.331 e. The summed E-state index contributed by atoms with van der Waals surface area (Å²) in [6.45, 7) is 6.60. The van der Waals surface area contributed by atoms with Gasteiger partial charge in [0.05, 0.1) is 26.9 Å². The maximum absolute atomic E-state index is 13.6. The predicted molar refractivity (Wildman–Crippen MR) is 147 cm³/mol. The number of likely N-dealkylation sites (tertiary alicyclic amines) is 1. The highest BCUT2D eigenvalue weighted by Crippen LogP contribution is 2.29. The topological polar surface area (TPSA) is 134 Å². The molecule has 0 unspecified atom stereocenters. The molecule has 0 aliphatic carbocycles. The molecule has 1 aliphatic rings. The number of aryl methyl sites for hydroxylation is 4. The molecular formula is C27H30N6O6. The zero-order valence-electron chi connectivity index (χ0n) is 22.3. The Bertz CT molecular complexity index is 1830. The van der Waals surface area contributed by atoms with Crippen LogP contribution >= 0.6 is 0 Å². The Hall–Kier alpha value is -4.48. The molecule has 12 nitrogen and oxygen atoms in total. The van der Waals surface area contributed by atoms with Gasteiger partial charge in [0.1, 0.15) is 5.56 Å². The van der Waals surface area contributed by atoms with Crippen LogP contribution < -0.4 is 16.9 Å². The summed E-state index contributed by atoms with van der Waals surface area (Å²) in [4.78, 5) is 65.6. The van der Waals surface area contributed by atoms with E-state index in [1.165, 1.54) is 35.3 Å². The highest BCUT2D eigenvalue weighted by Gasteiger charge is 2.32. The molecule has 0 bridgehead atoms. The third-order valence-electron chi connectivity index (χ3n) is 7.77. The Morgan fingerprint density at radius 3 is 2.15 bits per heavy atom. The van der Waals surface area contributed by atoms with Gasteiger partial charge in [0.25, 0.3) is 17.2 Å². The number of nitro benzene ring substituents is 1. The first-order chi connectivity index (χ1) is 18.6. The van der Waals surface area contributed by atoms with Crippen LogP contribution in [0.1, 0.15) is 48.7 Å². The van der Waals surface area contributed by atoms with Crippen molar-refractivity contribution in [2.45, 2.75) is 52.7 Å². The number of hydrogen-bond donors (Lipinski definition) is 0. The van der Waals surface area contributed by atoms with Crippen molar-refractivity contribution in [3.63, 3.8) is 0 Å². The molecule has 1 fully saturated rings. The number of piperidine rings is 1. The van der Waals surface area contributed by atoms with E-state index in [-0.39, 0.29) is 35.6 Å². The second-order valence-corrected chi connectivity index (χ2v) is 9.95. The van der Waals surface area contributed by atoms with Crippen LogP contribution in [0, 0.1) is 17.0 Å². The summed E-state index contributed by atoms with van der Waals surface area (Å²) >= 11 is 0. The molecule has 4 aromatic rings. The second kappa shape index (κ2) is 9.68. The average molecular weight is 535 g/mol. The van der Waals surface area contributed by atoms with E-state index in [2.05, 4.69) is 0 Å². The molecular weight excluding hydrogens is 504 g/mol. The summed E-state index contributed by atoms with van der Waals surface area (Å²) in [5.41, 5.74) is 0.836. The molecule has 0 saturated carbocycles. The zero-order valence-corrected chi connectivity index (χ0v) is 22.3. The number of nitrogens with zero attached hydrogens (tertiary/aromatic N) is 6. The van der Waals surface area contributed by atoms with Gasteiger partial charge in [0, 0.05) is 45.3 Å². The minimum atomic E-state index is -0.604. The van der Waals surface area contributed by atoms with Crippen molar-refractivity contribution in [3.05, 3.63) is 82.9 Å². The molecule has 1 saturated heterocycles. The molecule has 1 aliphatic heterocycles. The van der Waals surface area contributed by atoms with Crippen molar-refractivity contribution in [1.29, 1.82) is 0 Å². The van der Waals surface area contributed by atoms with Gasteiger partial charge in [0.15, 0.2) is 0 Å². The molecule has 0 spiro atoms. The van der Waals surface area contributed by atoms with Gasteiger partial charge in [-0.15, -0.1) is 0 Å². The molecule has 0 atom stereocenters. The zero-order chi connectivity index (χ0) is 28.2. The number of rotatable bonds is 5. The molecule has 5 rings (SSSR count). The second-order valence-electron chi connectivity index (χ2n) is 9.95. The minimum Gasteiger partial charge on any atom is -0.338 e. The molecule has 12 heteroatoms. The van der Waals surface area contributed by atoms with Gasteiger partial charge in [-0.2, -0.15) is 0 Å². The fourth-order valence-electron chi connectivity index (χ4n) is 5.70. The Morgan fingerprint density at radius 2 is 1.56 bits per heavy atom. The number of aromatic nitrogens is 4. The third-order valence-corrected chi connectivity index (χ3v) is 7.77. The summed E-state index contributed by atoms with van der Waals surface area (Å²) in [6, 6.07) is 7.70. The van der Waals surface area contributed by atoms with Gasteiger partial charge in [-0.1, -0.05) is 11.6 Å². The van der Waals surface area contributed by atoms with Crippen molar-refractivity contribution < 1.29 is 9.72 Å². The predicted octanol–water partition coefficient (Wildman–Crippen LogP) is 2.55. The fraction of sp³-hybridized carbons (Fsp3) is 0.407. The first-order valence-electron chi connectivity index (χ1n) is 13.0. The average Bonchev–Trinajstić information content (AvgIpc) is 3.20. The lowest BCUT2D eigenvalue weighted by atomic mass is 10.0. The fourth-order valence-corrected chi connectivity index (χ4v) is 5.70. The van der Waals surface area contributed by atoms with Crippen LogP contribution in [0.3, 0.4) is 0 Å². The SMILES string of the molecule is CCn1c(=O)n(CC)c2cc([N+](=O)[O-])c(C(=O)N3CCC(n4c(=O)c5cc(C)ccc5n(C)c4=O)CC3)cc21. The number of imidazole rings is 1. The van der Waals surface area contributed by atoms with E-state index in [0.717, 1.165) is 5.56 Å². The van der Waals surface area contributed by atoms with E-state index in [4.69, 9.17) is 0 Å². The molecule has 204 valence electrons. The van der Waals surface area contributed by atoms with Gasteiger partial charge in [-0.3, -0.25) is 38.0 Å². The highest BCUT2D eigenvalue weighted by molar-refractivity contribution is 6.02. The Balaban J connectivity index is 1.49. The molecule has 0 N–H and O–H groups in total. The largest absolute Gasteiger partial charge is 0.338 e. The summed E-state index contributed by atoms with van der Waals surface area (Å²) in [7, 11) is 1.63. The van der Waals surface area contributed by atoms with Crippen molar-refractivity contribution in [3.8, 4) is 0 Å². The summed E-state index contributed by atoms with van der Waals surface area (Å²) in [6.07, 6.45) is 0.695. The smallest absolute Gasteiger partial charge is 0.331 e. The molecule has 0 radical (unpaired) electrons. The number of fused-ring (bicyclic) bond motifs is 2. The number of hydrogen-bond acceptors (Lipinski definition) is 6. The first-order valence-corrected chi connectivity index (χ1v) is 13.0. The number of nitro groups is 1. The van der Waals surface area contributed by atoms with E-state index in [0.29, 0.717) is 47.9 Å². The van der Waals surface area contributed by atoms with Crippen molar-refractivity contribution in [2.24, 2.45) is 7.05 Å². The third kappa shape index (κ3) is 4.06. The van der Waals surface area contributed by atoms with Crippen LogP contribution in [-0.4, -0.2) is 47.1 Å². The van der Waals surface area contributed by atoms with Crippen molar-refractivity contribution >= 4 is 33.5 Å². The van der Waals surface area contributed by atoms with Crippen LogP contribution in [0.5, 0.6) is 0 Å². The Labute approximate surface area is 222 Å². The van der Waals surface area contributed by atoms with Gasteiger partial charge in [-0.25, -0.2) is 9.59 Å². The normalized spacial score (nSPS) is 14.4. The quantitative estimate of drug-likeness (QED) is 0.285. The Morgan fingerprint density at radius 1 is 0.949 bits per heavy atom. The van der Waals surface area contributed by atoms with Crippen molar-refractivity contribution in [2.75, 3.05) is 13.1 Å². The van der Waals surface area contributed by atoms with Crippen LogP contribution in [0.25, 0.3) is 21.9 Å². The van der Waals surface area contributed by atoms with Gasteiger partial charge >= 0.3 is 11.4 Å². The van der Waals surface area contributed by atoms with Crippen LogP contribution in [0.2, 0.25) is 0 Å². The molecule has 3 heterocycles. The monoisotopic (exact) mass is 534 g/mol. The number of amides is 1. The maximum atomic E-state index is 13.6. The van der Waals surface area contributed by atoms with E-state index in [1.807, 2.05) is 13.0 Å². The van der Waals surface area contributed by atoms with Gasteiger partial charge in [0.2, 0.25) is 0 Å². The lowest BCUT2D eigenvalue weighted by Crippen LogP contribution is -2.46. The number of carbonyl (C=O) groups excluding carboxylic acids is 1.